The molecule has 3 rings (SSSR count). The van der Waals surface area contributed by atoms with Gasteiger partial charge < -0.3 is 9.32 Å². The van der Waals surface area contributed by atoms with Crippen LogP contribution in [0.5, 0.6) is 0 Å². The Morgan fingerprint density at radius 1 is 1.19 bits per heavy atom. The van der Waals surface area contributed by atoms with E-state index in [0.29, 0.717) is 17.2 Å². The number of likely N-dealkylation sites (tertiary alicyclic amines) is 1. The maximum atomic E-state index is 5.88. The Kier molecular flexibility index (Phi) is 3.81. The van der Waals surface area contributed by atoms with Gasteiger partial charge in [-0.1, -0.05) is 39.0 Å². The van der Waals surface area contributed by atoms with Gasteiger partial charge in [0.1, 0.15) is 0 Å². The summed E-state index contributed by atoms with van der Waals surface area (Å²) in [5, 5.41) is 8.46. The Labute approximate surface area is 126 Å². The molecule has 112 valence electrons. The highest BCUT2D eigenvalue weighted by atomic mass is 16.4. The molecule has 0 bridgehead atoms. The smallest absolute Gasteiger partial charge is 0.247 e. The second-order valence-electron chi connectivity index (χ2n) is 7.09. The van der Waals surface area contributed by atoms with Gasteiger partial charge in [0.05, 0.1) is 5.92 Å². The molecule has 0 saturated carbocycles. The van der Waals surface area contributed by atoms with Crippen molar-refractivity contribution >= 4 is 0 Å². The van der Waals surface area contributed by atoms with Crippen LogP contribution in [0.15, 0.2) is 34.7 Å². The number of hydrogen-bond acceptors (Lipinski definition) is 4. The zero-order valence-corrected chi connectivity index (χ0v) is 13.0. The number of hydrogen-bond donors (Lipinski definition) is 0. The molecule has 4 nitrogen and oxygen atoms in total. The van der Waals surface area contributed by atoms with Crippen molar-refractivity contribution in [3.05, 3.63) is 36.2 Å². The van der Waals surface area contributed by atoms with Crippen LogP contribution in [0.2, 0.25) is 0 Å². The fourth-order valence-electron chi connectivity index (χ4n) is 2.95. The van der Waals surface area contributed by atoms with Crippen LogP contribution in [0.25, 0.3) is 11.5 Å². The van der Waals surface area contributed by atoms with E-state index in [1.54, 1.807) is 0 Å². The van der Waals surface area contributed by atoms with Crippen LogP contribution in [-0.2, 0) is 0 Å². The van der Waals surface area contributed by atoms with Crippen LogP contribution in [0.4, 0.5) is 0 Å². The molecular formula is C17H23N3O. The van der Waals surface area contributed by atoms with E-state index < -0.39 is 0 Å². The van der Waals surface area contributed by atoms with E-state index in [9.17, 15) is 0 Å². The largest absolute Gasteiger partial charge is 0.420 e. The molecule has 21 heavy (non-hydrogen) atoms. The average molecular weight is 285 g/mol. The zero-order valence-electron chi connectivity index (χ0n) is 13.0. The predicted molar refractivity (Wildman–Crippen MR) is 83.0 cm³/mol. The summed E-state index contributed by atoms with van der Waals surface area (Å²) >= 11 is 0. The minimum absolute atomic E-state index is 0.332. The molecule has 1 aliphatic heterocycles. The van der Waals surface area contributed by atoms with E-state index >= 15 is 0 Å². The molecule has 1 aromatic heterocycles. The fourth-order valence-corrected chi connectivity index (χ4v) is 2.95. The topological polar surface area (TPSA) is 42.2 Å². The number of aromatic nitrogens is 2. The van der Waals surface area contributed by atoms with Gasteiger partial charge in [-0.3, -0.25) is 0 Å². The van der Waals surface area contributed by atoms with Crippen molar-refractivity contribution in [2.75, 3.05) is 19.6 Å². The molecule has 0 spiro atoms. The number of nitrogens with zero attached hydrogens (tertiary/aromatic N) is 3. The summed E-state index contributed by atoms with van der Waals surface area (Å²) in [4.78, 5) is 2.50. The summed E-state index contributed by atoms with van der Waals surface area (Å²) in [6, 6.07) is 9.96. The van der Waals surface area contributed by atoms with E-state index in [1.165, 1.54) is 0 Å². The molecule has 1 aromatic carbocycles. The molecule has 0 radical (unpaired) electrons. The Bertz CT molecular complexity index is 586. The van der Waals surface area contributed by atoms with Crippen LogP contribution < -0.4 is 0 Å². The first-order valence-electron chi connectivity index (χ1n) is 7.62. The summed E-state index contributed by atoms with van der Waals surface area (Å²) in [5.74, 6) is 1.78. The Balaban J connectivity index is 1.68. The molecule has 2 heterocycles. The van der Waals surface area contributed by atoms with E-state index in [1.807, 2.05) is 30.3 Å². The third-order valence-corrected chi connectivity index (χ3v) is 3.78. The van der Waals surface area contributed by atoms with Crippen LogP contribution in [0.3, 0.4) is 0 Å². The minimum Gasteiger partial charge on any atom is -0.420 e. The van der Waals surface area contributed by atoms with Crippen molar-refractivity contribution in [1.29, 1.82) is 0 Å². The van der Waals surface area contributed by atoms with Gasteiger partial charge in [0.15, 0.2) is 0 Å². The molecule has 0 amide bonds. The third-order valence-electron chi connectivity index (χ3n) is 3.78. The summed E-state index contributed by atoms with van der Waals surface area (Å²) in [7, 11) is 0. The van der Waals surface area contributed by atoms with Crippen molar-refractivity contribution in [3.63, 3.8) is 0 Å². The van der Waals surface area contributed by atoms with Crippen molar-refractivity contribution in [1.82, 2.24) is 15.1 Å². The van der Waals surface area contributed by atoms with Crippen molar-refractivity contribution in [2.24, 2.45) is 5.41 Å². The van der Waals surface area contributed by atoms with E-state index in [4.69, 9.17) is 4.42 Å². The lowest BCUT2D eigenvalue weighted by Gasteiger charge is -2.25. The summed E-state index contributed by atoms with van der Waals surface area (Å²) in [6.07, 6.45) is 1.10. The zero-order chi connectivity index (χ0) is 14.9. The number of rotatable bonds is 3. The minimum atomic E-state index is 0.332. The van der Waals surface area contributed by atoms with Gasteiger partial charge in [-0.15, -0.1) is 10.2 Å². The average Bonchev–Trinajstić information content (AvgIpc) is 3.06. The van der Waals surface area contributed by atoms with Gasteiger partial charge in [0.2, 0.25) is 11.8 Å². The first kappa shape index (κ1) is 14.3. The lowest BCUT2D eigenvalue weighted by Crippen LogP contribution is -2.30. The standard InChI is InChI=1S/C17H23N3O/c1-17(2,3)12-20-10-9-14(11-20)16-19-18-15(21-16)13-7-5-4-6-8-13/h4-8,14H,9-12H2,1-3H3/t14-/m0/s1. The highest BCUT2D eigenvalue weighted by molar-refractivity contribution is 5.51. The van der Waals surface area contributed by atoms with Crippen LogP contribution in [0, 0.1) is 5.41 Å². The highest BCUT2D eigenvalue weighted by Gasteiger charge is 2.30. The maximum absolute atomic E-state index is 5.88. The fraction of sp³-hybridized carbons (Fsp3) is 0.529. The first-order valence-corrected chi connectivity index (χ1v) is 7.62. The Morgan fingerprint density at radius 2 is 1.95 bits per heavy atom. The molecule has 1 saturated heterocycles. The van der Waals surface area contributed by atoms with E-state index in [-0.39, 0.29) is 0 Å². The lowest BCUT2D eigenvalue weighted by atomic mass is 9.96. The molecule has 2 aromatic rings. The monoisotopic (exact) mass is 285 g/mol. The molecule has 0 unspecified atom stereocenters. The van der Waals surface area contributed by atoms with Gasteiger partial charge in [0, 0.05) is 18.7 Å². The Morgan fingerprint density at radius 3 is 2.67 bits per heavy atom. The molecule has 4 heteroatoms. The second-order valence-corrected chi connectivity index (χ2v) is 7.09. The molecule has 0 N–H and O–H groups in total. The van der Waals surface area contributed by atoms with Gasteiger partial charge >= 0.3 is 0 Å². The van der Waals surface area contributed by atoms with Crippen molar-refractivity contribution < 1.29 is 4.42 Å². The first-order chi connectivity index (χ1) is 10.0. The van der Waals surface area contributed by atoms with Crippen molar-refractivity contribution in [3.8, 4) is 11.5 Å². The normalized spacial score (nSPS) is 20.0. The number of benzene rings is 1. The summed E-state index contributed by atoms with van der Waals surface area (Å²) in [5.41, 5.74) is 1.32. The summed E-state index contributed by atoms with van der Waals surface area (Å²) in [6.45, 7) is 10.1. The van der Waals surface area contributed by atoms with Gasteiger partial charge in [-0.25, -0.2) is 0 Å². The predicted octanol–water partition coefficient (Wildman–Crippen LogP) is 3.57. The van der Waals surface area contributed by atoms with Crippen LogP contribution in [-0.4, -0.2) is 34.7 Å². The van der Waals surface area contributed by atoms with Crippen LogP contribution in [0.1, 0.15) is 39.0 Å². The third kappa shape index (κ3) is 3.50. The lowest BCUT2D eigenvalue weighted by molar-refractivity contribution is 0.223. The van der Waals surface area contributed by atoms with E-state index in [0.717, 1.165) is 37.5 Å². The van der Waals surface area contributed by atoms with E-state index in [2.05, 4.69) is 35.9 Å². The van der Waals surface area contributed by atoms with Crippen LogP contribution >= 0.6 is 0 Å². The molecular weight excluding hydrogens is 262 g/mol. The second kappa shape index (κ2) is 5.60. The molecule has 1 aliphatic rings. The summed E-state index contributed by atoms with van der Waals surface area (Å²) < 4.78 is 5.88. The molecule has 0 aliphatic carbocycles. The quantitative estimate of drug-likeness (QED) is 0.864. The SMILES string of the molecule is CC(C)(C)CN1CC[C@H](c2nnc(-c3ccccc3)o2)C1. The molecule has 1 fully saturated rings. The molecule has 1 atom stereocenters. The Hall–Kier alpha value is -1.68. The highest BCUT2D eigenvalue weighted by Crippen LogP contribution is 2.30. The van der Waals surface area contributed by atoms with Crippen molar-refractivity contribution in [2.45, 2.75) is 33.1 Å². The van der Waals surface area contributed by atoms with Gasteiger partial charge in [-0.05, 0) is 30.5 Å². The van der Waals surface area contributed by atoms with Gasteiger partial charge in [-0.2, -0.15) is 0 Å². The maximum Gasteiger partial charge on any atom is 0.247 e. The van der Waals surface area contributed by atoms with Gasteiger partial charge in [0.25, 0.3) is 0 Å².